The monoisotopic (exact) mass is 408 g/mol. The molecule has 0 spiro atoms. The summed E-state index contributed by atoms with van der Waals surface area (Å²) >= 11 is 0. The number of carbonyl (C=O) groups is 1. The van der Waals surface area contributed by atoms with E-state index in [2.05, 4.69) is 34.5 Å². The Morgan fingerprint density at radius 1 is 1.00 bits per heavy atom. The van der Waals surface area contributed by atoms with Crippen molar-refractivity contribution in [2.24, 2.45) is 0 Å². The van der Waals surface area contributed by atoms with Crippen molar-refractivity contribution in [2.75, 3.05) is 37.7 Å². The van der Waals surface area contributed by atoms with Gasteiger partial charge in [0, 0.05) is 37.5 Å². The van der Waals surface area contributed by atoms with Crippen LogP contribution in [0.3, 0.4) is 0 Å². The van der Waals surface area contributed by atoms with Crippen LogP contribution >= 0.6 is 0 Å². The highest BCUT2D eigenvalue weighted by molar-refractivity contribution is 5.94. The number of nitrogens with one attached hydrogen (secondary N) is 1. The van der Waals surface area contributed by atoms with E-state index < -0.39 is 0 Å². The van der Waals surface area contributed by atoms with Crippen molar-refractivity contribution in [1.82, 2.24) is 5.32 Å². The standard InChI is InChI=1S/C25H32N2O3/c28-25(21-8-12-23(13-9-21)30-19-24-5-4-18-29-24)26-15-14-20-6-10-22(11-7-20)27-16-2-1-3-17-27/h6-13,24H,1-5,14-19H2,(H,26,28)/t24-/m0/s1. The number of nitrogens with zero attached hydrogens (tertiary/aromatic N) is 1. The average Bonchev–Trinajstić information content (AvgIpc) is 3.33. The molecule has 1 atom stereocenters. The molecule has 0 aromatic heterocycles. The lowest BCUT2D eigenvalue weighted by Gasteiger charge is -2.28. The van der Waals surface area contributed by atoms with Crippen molar-refractivity contribution < 1.29 is 14.3 Å². The average molecular weight is 409 g/mol. The van der Waals surface area contributed by atoms with Gasteiger partial charge in [0.05, 0.1) is 6.10 Å². The van der Waals surface area contributed by atoms with Gasteiger partial charge < -0.3 is 19.7 Å². The first-order valence-corrected chi connectivity index (χ1v) is 11.2. The maximum atomic E-state index is 12.4. The molecule has 30 heavy (non-hydrogen) atoms. The van der Waals surface area contributed by atoms with Crippen LogP contribution in [0.1, 0.15) is 48.0 Å². The fourth-order valence-electron chi connectivity index (χ4n) is 4.12. The fourth-order valence-corrected chi connectivity index (χ4v) is 4.12. The molecule has 2 aromatic carbocycles. The van der Waals surface area contributed by atoms with Gasteiger partial charge in [0.15, 0.2) is 0 Å². The van der Waals surface area contributed by atoms with Crippen LogP contribution < -0.4 is 15.0 Å². The van der Waals surface area contributed by atoms with Gasteiger partial charge in [-0.05, 0) is 80.5 Å². The third kappa shape index (κ3) is 5.76. The molecule has 2 aromatic rings. The molecular weight excluding hydrogens is 376 g/mol. The summed E-state index contributed by atoms with van der Waals surface area (Å²) in [6.07, 6.45) is 7.11. The van der Waals surface area contributed by atoms with Crippen LogP contribution in [-0.2, 0) is 11.2 Å². The first kappa shape index (κ1) is 20.7. The largest absolute Gasteiger partial charge is 0.491 e. The molecule has 1 amide bonds. The van der Waals surface area contributed by atoms with Crippen molar-refractivity contribution >= 4 is 11.6 Å². The second-order valence-electron chi connectivity index (χ2n) is 8.19. The third-order valence-electron chi connectivity index (χ3n) is 5.93. The van der Waals surface area contributed by atoms with E-state index in [0.29, 0.717) is 18.7 Å². The van der Waals surface area contributed by atoms with Crippen LogP contribution in [0.2, 0.25) is 0 Å². The van der Waals surface area contributed by atoms with Crippen molar-refractivity contribution in [1.29, 1.82) is 0 Å². The highest BCUT2D eigenvalue weighted by atomic mass is 16.5. The van der Waals surface area contributed by atoms with E-state index in [4.69, 9.17) is 9.47 Å². The SMILES string of the molecule is O=C(NCCc1ccc(N2CCCCC2)cc1)c1ccc(OC[C@@H]2CCCO2)cc1. The van der Waals surface area contributed by atoms with Gasteiger partial charge in [-0.2, -0.15) is 0 Å². The zero-order valence-electron chi connectivity index (χ0n) is 17.6. The molecule has 0 bridgehead atoms. The van der Waals surface area contributed by atoms with Gasteiger partial charge in [0.25, 0.3) is 5.91 Å². The summed E-state index contributed by atoms with van der Waals surface area (Å²) < 4.78 is 11.3. The highest BCUT2D eigenvalue weighted by Crippen LogP contribution is 2.20. The molecule has 5 nitrogen and oxygen atoms in total. The Kier molecular flexibility index (Phi) is 7.25. The number of hydrogen-bond acceptors (Lipinski definition) is 4. The molecule has 0 unspecified atom stereocenters. The number of amides is 1. The Labute approximate surface area is 179 Å². The van der Waals surface area contributed by atoms with E-state index in [0.717, 1.165) is 44.7 Å². The zero-order valence-corrected chi connectivity index (χ0v) is 17.6. The number of benzene rings is 2. The van der Waals surface area contributed by atoms with Crippen molar-refractivity contribution in [2.45, 2.75) is 44.6 Å². The van der Waals surface area contributed by atoms with Crippen LogP contribution in [0.15, 0.2) is 48.5 Å². The summed E-state index contributed by atoms with van der Waals surface area (Å²) in [6.45, 7) is 4.35. The number of hydrogen-bond donors (Lipinski definition) is 1. The van der Waals surface area contributed by atoms with Crippen LogP contribution in [0, 0.1) is 0 Å². The lowest BCUT2D eigenvalue weighted by atomic mass is 10.1. The van der Waals surface area contributed by atoms with Crippen LogP contribution in [0.25, 0.3) is 0 Å². The molecule has 2 fully saturated rings. The summed E-state index contributed by atoms with van der Waals surface area (Å²) in [5.41, 5.74) is 3.21. The lowest BCUT2D eigenvalue weighted by molar-refractivity contribution is 0.0679. The third-order valence-corrected chi connectivity index (χ3v) is 5.93. The summed E-state index contributed by atoms with van der Waals surface area (Å²) in [7, 11) is 0. The molecule has 160 valence electrons. The zero-order chi connectivity index (χ0) is 20.6. The predicted octanol–water partition coefficient (Wildman–Crippen LogP) is 4.21. The van der Waals surface area contributed by atoms with Gasteiger partial charge in [-0.1, -0.05) is 12.1 Å². The van der Waals surface area contributed by atoms with E-state index in [9.17, 15) is 4.79 Å². The minimum Gasteiger partial charge on any atom is -0.491 e. The molecule has 2 aliphatic rings. The van der Waals surface area contributed by atoms with Gasteiger partial charge in [-0.15, -0.1) is 0 Å². The van der Waals surface area contributed by atoms with Crippen molar-refractivity contribution in [3.63, 3.8) is 0 Å². The predicted molar refractivity (Wildman–Crippen MR) is 119 cm³/mol. The summed E-state index contributed by atoms with van der Waals surface area (Å²) in [6, 6.07) is 16.1. The van der Waals surface area contributed by atoms with E-state index >= 15 is 0 Å². The van der Waals surface area contributed by atoms with E-state index in [1.165, 1.54) is 30.5 Å². The van der Waals surface area contributed by atoms with E-state index in [1.54, 1.807) is 0 Å². The second-order valence-corrected chi connectivity index (χ2v) is 8.19. The maximum Gasteiger partial charge on any atom is 0.251 e. The quantitative estimate of drug-likeness (QED) is 0.711. The Morgan fingerprint density at radius 2 is 1.77 bits per heavy atom. The Morgan fingerprint density at radius 3 is 2.47 bits per heavy atom. The number of carbonyl (C=O) groups excluding carboxylic acids is 1. The van der Waals surface area contributed by atoms with Crippen LogP contribution in [0.5, 0.6) is 5.75 Å². The molecule has 0 aliphatic carbocycles. The van der Waals surface area contributed by atoms with Gasteiger partial charge in [-0.3, -0.25) is 4.79 Å². The van der Waals surface area contributed by atoms with Crippen LogP contribution in [-0.4, -0.2) is 44.9 Å². The lowest BCUT2D eigenvalue weighted by Crippen LogP contribution is -2.29. The first-order chi connectivity index (χ1) is 14.8. The molecule has 2 heterocycles. The summed E-state index contributed by atoms with van der Waals surface area (Å²) in [4.78, 5) is 14.9. The van der Waals surface area contributed by atoms with Crippen molar-refractivity contribution in [3.8, 4) is 5.75 Å². The first-order valence-electron chi connectivity index (χ1n) is 11.2. The fraction of sp³-hybridized carbons (Fsp3) is 0.480. The molecule has 5 heteroatoms. The smallest absolute Gasteiger partial charge is 0.251 e. The molecule has 0 saturated carbocycles. The van der Waals surface area contributed by atoms with E-state index in [-0.39, 0.29) is 12.0 Å². The minimum atomic E-state index is -0.0504. The topological polar surface area (TPSA) is 50.8 Å². The second kappa shape index (κ2) is 10.5. The summed E-state index contributed by atoms with van der Waals surface area (Å²) in [5.74, 6) is 0.724. The maximum absolute atomic E-state index is 12.4. The van der Waals surface area contributed by atoms with Gasteiger partial charge in [0.2, 0.25) is 0 Å². The Bertz CT molecular complexity index is 792. The van der Waals surface area contributed by atoms with Crippen LogP contribution in [0.4, 0.5) is 5.69 Å². The molecule has 2 saturated heterocycles. The van der Waals surface area contributed by atoms with Gasteiger partial charge in [-0.25, -0.2) is 0 Å². The van der Waals surface area contributed by atoms with E-state index in [1.807, 2.05) is 24.3 Å². The Balaban J connectivity index is 1.19. The van der Waals surface area contributed by atoms with Gasteiger partial charge >= 0.3 is 0 Å². The minimum absolute atomic E-state index is 0.0504. The Hall–Kier alpha value is -2.53. The number of rotatable bonds is 8. The number of ether oxygens (including phenoxy) is 2. The summed E-state index contributed by atoms with van der Waals surface area (Å²) in [5, 5.41) is 3.01. The number of anilines is 1. The molecule has 2 aliphatic heterocycles. The molecule has 0 radical (unpaired) electrons. The molecule has 1 N–H and O–H groups in total. The normalized spacial score (nSPS) is 18.9. The van der Waals surface area contributed by atoms with Crippen molar-refractivity contribution in [3.05, 3.63) is 59.7 Å². The molecular formula is C25H32N2O3. The number of piperidine rings is 1. The molecule has 4 rings (SSSR count). The van der Waals surface area contributed by atoms with Gasteiger partial charge in [0.1, 0.15) is 12.4 Å². The highest BCUT2D eigenvalue weighted by Gasteiger charge is 2.16.